The molecule has 0 aliphatic carbocycles. The minimum absolute atomic E-state index is 0.00770. The Labute approximate surface area is 90.0 Å². The van der Waals surface area contributed by atoms with Crippen molar-refractivity contribution in [1.29, 1.82) is 0 Å². The van der Waals surface area contributed by atoms with Crippen LogP contribution < -0.4 is 16.8 Å². The number of hydrogen-bond acceptors (Lipinski definition) is 7. The standard InChI is InChI=1S/C6H9ClN6O2/c7-3-11-4(8)13-6(12-3)10-1-2-15-5(9)14/h1-2H2,(H2,9,14)(H3,8,10,11,12,13). The summed E-state index contributed by atoms with van der Waals surface area (Å²) in [5.41, 5.74) is 10.1. The average Bonchev–Trinajstić information content (AvgIpc) is 2.10. The van der Waals surface area contributed by atoms with Crippen molar-refractivity contribution < 1.29 is 9.53 Å². The zero-order valence-electron chi connectivity index (χ0n) is 7.61. The Hall–Kier alpha value is -1.83. The van der Waals surface area contributed by atoms with E-state index in [0.29, 0.717) is 6.54 Å². The second-order valence-corrected chi connectivity index (χ2v) is 2.72. The van der Waals surface area contributed by atoms with E-state index in [1.165, 1.54) is 0 Å². The quantitative estimate of drug-likeness (QED) is 0.603. The van der Waals surface area contributed by atoms with E-state index in [2.05, 4.69) is 25.0 Å². The van der Waals surface area contributed by atoms with Crippen LogP contribution in [0.5, 0.6) is 0 Å². The number of nitrogen functional groups attached to an aromatic ring is 1. The molecule has 0 aliphatic rings. The van der Waals surface area contributed by atoms with Crippen molar-refractivity contribution >= 4 is 29.6 Å². The van der Waals surface area contributed by atoms with Gasteiger partial charge in [0, 0.05) is 0 Å². The van der Waals surface area contributed by atoms with E-state index >= 15 is 0 Å². The van der Waals surface area contributed by atoms with Gasteiger partial charge in [-0.05, 0) is 11.6 Å². The number of carbonyl (C=O) groups excluding carboxylic acids is 1. The lowest BCUT2D eigenvalue weighted by atomic mass is 10.7. The van der Waals surface area contributed by atoms with Crippen LogP contribution in [0.15, 0.2) is 0 Å². The number of nitrogens with two attached hydrogens (primary N) is 2. The molecule has 0 aliphatic heterocycles. The molecule has 0 radical (unpaired) electrons. The Balaban J connectivity index is 2.40. The number of primary amides is 1. The molecule has 0 saturated heterocycles. The molecule has 0 bridgehead atoms. The Morgan fingerprint density at radius 3 is 2.80 bits per heavy atom. The third-order valence-corrected chi connectivity index (χ3v) is 1.42. The Bertz CT molecular complexity index is 339. The lowest BCUT2D eigenvalue weighted by Crippen LogP contribution is -2.19. The number of hydrogen-bond donors (Lipinski definition) is 3. The summed E-state index contributed by atoms with van der Waals surface area (Å²) >= 11 is 5.53. The zero-order chi connectivity index (χ0) is 11.3. The van der Waals surface area contributed by atoms with Gasteiger partial charge in [-0.25, -0.2) is 4.79 Å². The Morgan fingerprint density at radius 2 is 2.20 bits per heavy atom. The topological polar surface area (TPSA) is 129 Å². The van der Waals surface area contributed by atoms with Gasteiger partial charge in [0.2, 0.25) is 17.2 Å². The summed E-state index contributed by atoms with van der Waals surface area (Å²) in [5.74, 6) is 0.217. The van der Waals surface area contributed by atoms with E-state index in [4.69, 9.17) is 23.1 Å². The Morgan fingerprint density at radius 1 is 1.47 bits per heavy atom. The Kier molecular flexibility index (Phi) is 3.86. The molecule has 5 N–H and O–H groups in total. The van der Waals surface area contributed by atoms with E-state index in [1.54, 1.807) is 0 Å². The SMILES string of the molecule is NC(=O)OCCNc1nc(N)nc(Cl)n1. The fourth-order valence-corrected chi connectivity index (χ4v) is 0.926. The number of ether oxygens (including phenoxy) is 1. The van der Waals surface area contributed by atoms with Gasteiger partial charge in [0.25, 0.3) is 0 Å². The molecule has 9 heteroatoms. The van der Waals surface area contributed by atoms with Gasteiger partial charge in [0.05, 0.1) is 6.54 Å². The first kappa shape index (κ1) is 11.2. The number of amides is 1. The van der Waals surface area contributed by atoms with Crippen molar-refractivity contribution in [1.82, 2.24) is 15.0 Å². The van der Waals surface area contributed by atoms with Gasteiger partial charge in [0.15, 0.2) is 0 Å². The number of halogens is 1. The lowest BCUT2D eigenvalue weighted by Gasteiger charge is -2.04. The van der Waals surface area contributed by atoms with Crippen LogP contribution >= 0.6 is 11.6 Å². The van der Waals surface area contributed by atoms with Crippen molar-refractivity contribution in [3.8, 4) is 0 Å². The minimum Gasteiger partial charge on any atom is -0.448 e. The molecule has 8 nitrogen and oxygen atoms in total. The molecular formula is C6H9ClN6O2. The maximum Gasteiger partial charge on any atom is 0.404 e. The molecule has 0 atom stereocenters. The summed E-state index contributed by atoms with van der Waals surface area (Å²) in [6.45, 7) is 0.390. The maximum atomic E-state index is 10.2. The monoisotopic (exact) mass is 232 g/mol. The summed E-state index contributed by atoms with van der Waals surface area (Å²) < 4.78 is 4.47. The third kappa shape index (κ3) is 4.27. The highest BCUT2D eigenvalue weighted by Gasteiger charge is 2.01. The van der Waals surface area contributed by atoms with Crippen LogP contribution in [-0.4, -0.2) is 34.2 Å². The van der Waals surface area contributed by atoms with Crippen LogP contribution in [0, 0.1) is 0 Å². The molecule has 1 aromatic heterocycles. The average molecular weight is 233 g/mol. The summed E-state index contributed by atoms with van der Waals surface area (Å²) in [7, 11) is 0. The van der Waals surface area contributed by atoms with Crippen molar-refractivity contribution in [2.75, 3.05) is 24.2 Å². The number of carbonyl (C=O) groups is 1. The van der Waals surface area contributed by atoms with Crippen molar-refractivity contribution in [2.45, 2.75) is 0 Å². The van der Waals surface area contributed by atoms with Crippen LogP contribution in [-0.2, 0) is 4.74 Å². The highest BCUT2D eigenvalue weighted by Crippen LogP contribution is 2.05. The van der Waals surface area contributed by atoms with Crippen molar-refractivity contribution in [2.24, 2.45) is 5.73 Å². The molecule has 82 valence electrons. The van der Waals surface area contributed by atoms with E-state index in [-0.39, 0.29) is 23.8 Å². The predicted molar refractivity (Wildman–Crippen MR) is 53.3 cm³/mol. The first-order valence-corrected chi connectivity index (χ1v) is 4.29. The maximum absolute atomic E-state index is 10.2. The molecule has 0 spiro atoms. The van der Waals surface area contributed by atoms with Gasteiger partial charge >= 0.3 is 6.09 Å². The minimum atomic E-state index is -0.843. The van der Waals surface area contributed by atoms with Crippen LogP contribution in [0.3, 0.4) is 0 Å². The molecule has 1 amide bonds. The summed E-state index contributed by atoms with van der Waals surface area (Å²) in [4.78, 5) is 21.2. The predicted octanol–water partition coefficient (Wildman–Crippen LogP) is -0.386. The second-order valence-electron chi connectivity index (χ2n) is 2.38. The number of anilines is 2. The van der Waals surface area contributed by atoms with Crippen LogP contribution in [0.4, 0.5) is 16.7 Å². The fourth-order valence-electron chi connectivity index (χ4n) is 0.759. The van der Waals surface area contributed by atoms with Gasteiger partial charge < -0.3 is 21.5 Å². The van der Waals surface area contributed by atoms with E-state index in [0.717, 1.165) is 0 Å². The van der Waals surface area contributed by atoms with E-state index in [1.807, 2.05) is 0 Å². The van der Waals surface area contributed by atoms with Gasteiger partial charge in [-0.1, -0.05) is 0 Å². The van der Waals surface area contributed by atoms with Gasteiger partial charge in [-0.2, -0.15) is 15.0 Å². The van der Waals surface area contributed by atoms with E-state index < -0.39 is 6.09 Å². The van der Waals surface area contributed by atoms with E-state index in [9.17, 15) is 4.79 Å². The van der Waals surface area contributed by atoms with Gasteiger partial charge in [0.1, 0.15) is 6.61 Å². The zero-order valence-corrected chi connectivity index (χ0v) is 8.36. The molecule has 1 heterocycles. The number of rotatable bonds is 4. The molecule has 0 unspecified atom stereocenters. The highest BCUT2D eigenvalue weighted by molar-refractivity contribution is 6.28. The molecule has 0 aromatic carbocycles. The number of aromatic nitrogens is 3. The highest BCUT2D eigenvalue weighted by atomic mass is 35.5. The van der Waals surface area contributed by atoms with Crippen molar-refractivity contribution in [3.05, 3.63) is 5.28 Å². The number of nitrogens with zero attached hydrogens (tertiary/aromatic N) is 3. The summed E-state index contributed by atoms with van der Waals surface area (Å²) in [6, 6.07) is 0. The van der Waals surface area contributed by atoms with Crippen LogP contribution in [0.2, 0.25) is 5.28 Å². The molecule has 0 fully saturated rings. The van der Waals surface area contributed by atoms with Gasteiger partial charge in [-0.3, -0.25) is 0 Å². The molecule has 1 rings (SSSR count). The van der Waals surface area contributed by atoms with Gasteiger partial charge in [-0.15, -0.1) is 0 Å². The summed E-state index contributed by atoms with van der Waals surface area (Å²) in [6.07, 6.45) is -0.843. The first-order valence-electron chi connectivity index (χ1n) is 3.91. The van der Waals surface area contributed by atoms with Crippen LogP contribution in [0.1, 0.15) is 0 Å². The largest absolute Gasteiger partial charge is 0.448 e. The second kappa shape index (κ2) is 5.15. The van der Waals surface area contributed by atoms with Crippen molar-refractivity contribution in [3.63, 3.8) is 0 Å². The van der Waals surface area contributed by atoms with Crippen LogP contribution in [0.25, 0.3) is 0 Å². The lowest BCUT2D eigenvalue weighted by molar-refractivity contribution is 0.161. The molecule has 15 heavy (non-hydrogen) atoms. The number of nitrogens with one attached hydrogen (secondary N) is 1. The molecule has 0 saturated carbocycles. The molecular weight excluding hydrogens is 224 g/mol. The third-order valence-electron chi connectivity index (χ3n) is 1.25. The first-order chi connectivity index (χ1) is 7.08. The normalized spacial score (nSPS) is 9.67. The molecule has 1 aromatic rings. The summed E-state index contributed by atoms with van der Waals surface area (Å²) in [5, 5.41) is 2.71. The fraction of sp³-hybridized carbons (Fsp3) is 0.333. The smallest absolute Gasteiger partial charge is 0.404 e.